The van der Waals surface area contributed by atoms with Crippen molar-refractivity contribution in [2.45, 2.75) is 32.7 Å². The van der Waals surface area contributed by atoms with Crippen molar-refractivity contribution >= 4 is 11.6 Å². The Morgan fingerprint density at radius 1 is 1.46 bits per heavy atom. The van der Waals surface area contributed by atoms with Crippen LogP contribution in [0.2, 0.25) is 5.02 Å². The Bertz CT molecular complexity index is 302. The molecule has 1 heterocycles. The fraction of sp³-hybridized carbons (Fsp3) is 0.625. The van der Waals surface area contributed by atoms with Crippen molar-refractivity contribution in [3.63, 3.8) is 0 Å². The first-order valence-electron chi connectivity index (χ1n) is 3.86. The number of alkyl halides is 2. The van der Waals surface area contributed by atoms with E-state index in [1.807, 2.05) is 20.8 Å². The molecule has 1 aromatic heterocycles. The van der Waals surface area contributed by atoms with Gasteiger partial charge < -0.3 is 0 Å². The van der Waals surface area contributed by atoms with Crippen molar-refractivity contribution in [1.82, 2.24) is 9.78 Å². The molecule has 0 bridgehead atoms. The minimum absolute atomic E-state index is 0.0184. The molecule has 0 aliphatic carbocycles. The molecule has 0 atom stereocenters. The summed E-state index contributed by atoms with van der Waals surface area (Å²) in [5, 5.41) is 3.73. The summed E-state index contributed by atoms with van der Waals surface area (Å²) in [5.74, 6) is 0. The van der Waals surface area contributed by atoms with Crippen LogP contribution in [0.4, 0.5) is 8.78 Å². The van der Waals surface area contributed by atoms with Crippen molar-refractivity contribution < 1.29 is 8.78 Å². The Kier molecular flexibility index (Phi) is 2.61. The maximum Gasteiger partial charge on any atom is 0.283 e. The number of nitrogens with zero attached hydrogens (tertiary/aromatic N) is 2. The van der Waals surface area contributed by atoms with Crippen LogP contribution in [-0.2, 0) is 5.54 Å². The summed E-state index contributed by atoms with van der Waals surface area (Å²) in [4.78, 5) is 0. The standard InChI is InChI=1S/C8H11ClF2N2/c1-8(2,3)13-4-5(9)6(12-13)7(10)11/h4,7H,1-3H3. The highest BCUT2D eigenvalue weighted by atomic mass is 35.5. The van der Waals surface area contributed by atoms with Gasteiger partial charge in [0.25, 0.3) is 6.43 Å². The van der Waals surface area contributed by atoms with E-state index in [0.717, 1.165) is 0 Å². The molecule has 1 rings (SSSR count). The van der Waals surface area contributed by atoms with E-state index in [-0.39, 0.29) is 16.3 Å². The van der Waals surface area contributed by atoms with Gasteiger partial charge in [0, 0.05) is 6.20 Å². The lowest BCUT2D eigenvalue weighted by Crippen LogP contribution is -2.22. The van der Waals surface area contributed by atoms with E-state index in [4.69, 9.17) is 11.6 Å². The van der Waals surface area contributed by atoms with E-state index in [0.29, 0.717) is 0 Å². The largest absolute Gasteiger partial charge is 0.283 e. The molecule has 0 fully saturated rings. The fourth-order valence-electron chi connectivity index (χ4n) is 0.858. The predicted molar refractivity (Wildman–Crippen MR) is 47.2 cm³/mol. The molecule has 0 aliphatic heterocycles. The van der Waals surface area contributed by atoms with E-state index < -0.39 is 6.43 Å². The van der Waals surface area contributed by atoms with Crippen LogP contribution in [0.5, 0.6) is 0 Å². The van der Waals surface area contributed by atoms with Crippen molar-refractivity contribution in [2.75, 3.05) is 0 Å². The van der Waals surface area contributed by atoms with Crippen LogP contribution in [0.1, 0.15) is 32.9 Å². The second-order valence-electron chi connectivity index (χ2n) is 3.78. The lowest BCUT2D eigenvalue weighted by molar-refractivity contribution is 0.143. The highest BCUT2D eigenvalue weighted by molar-refractivity contribution is 6.31. The Morgan fingerprint density at radius 2 is 2.00 bits per heavy atom. The quantitative estimate of drug-likeness (QED) is 0.693. The Labute approximate surface area is 80.5 Å². The third-order valence-corrected chi connectivity index (χ3v) is 1.88. The smallest absolute Gasteiger partial charge is 0.265 e. The molecule has 0 unspecified atom stereocenters. The minimum atomic E-state index is -2.61. The van der Waals surface area contributed by atoms with E-state index >= 15 is 0 Å². The van der Waals surface area contributed by atoms with Crippen LogP contribution in [-0.4, -0.2) is 9.78 Å². The van der Waals surface area contributed by atoms with Crippen LogP contribution >= 0.6 is 11.6 Å². The van der Waals surface area contributed by atoms with Gasteiger partial charge in [0.05, 0.1) is 10.6 Å². The molecular weight excluding hydrogens is 198 g/mol. The molecule has 0 saturated carbocycles. The van der Waals surface area contributed by atoms with Gasteiger partial charge in [-0.05, 0) is 20.8 Å². The molecule has 0 radical (unpaired) electrons. The summed E-state index contributed by atoms with van der Waals surface area (Å²) in [6.07, 6.45) is -1.20. The van der Waals surface area contributed by atoms with Crippen LogP contribution in [0.15, 0.2) is 6.20 Å². The summed E-state index contributed by atoms with van der Waals surface area (Å²) < 4.78 is 26.0. The first kappa shape index (κ1) is 10.4. The molecule has 0 N–H and O–H groups in total. The van der Waals surface area contributed by atoms with Gasteiger partial charge in [-0.2, -0.15) is 5.10 Å². The molecule has 74 valence electrons. The van der Waals surface area contributed by atoms with E-state index in [2.05, 4.69) is 5.10 Å². The molecule has 5 heteroatoms. The summed E-state index contributed by atoms with van der Waals surface area (Å²) in [6.45, 7) is 5.60. The van der Waals surface area contributed by atoms with Gasteiger partial charge in [0.15, 0.2) is 0 Å². The van der Waals surface area contributed by atoms with Gasteiger partial charge in [-0.3, -0.25) is 4.68 Å². The molecule has 0 amide bonds. The van der Waals surface area contributed by atoms with Crippen LogP contribution in [0.3, 0.4) is 0 Å². The molecule has 1 aromatic rings. The molecule has 0 spiro atoms. The van der Waals surface area contributed by atoms with Gasteiger partial charge in [0.2, 0.25) is 0 Å². The zero-order chi connectivity index (χ0) is 10.2. The third-order valence-electron chi connectivity index (χ3n) is 1.59. The van der Waals surface area contributed by atoms with Gasteiger partial charge in [-0.1, -0.05) is 11.6 Å². The minimum Gasteiger partial charge on any atom is -0.265 e. The van der Waals surface area contributed by atoms with Gasteiger partial charge >= 0.3 is 0 Å². The van der Waals surface area contributed by atoms with Crippen LogP contribution in [0, 0.1) is 0 Å². The zero-order valence-electron chi connectivity index (χ0n) is 7.68. The first-order chi connectivity index (χ1) is 5.82. The SMILES string of the molecule is CC(C)(C)n1cc(Cl)c(C(F)F)n1. The Hall–Kier alpha value is -0.640. The Balaban J connectivity index is 3.10. The topological polar surface area (TPSA) is 17.8 Å². The number of halogens is 3. The zero-order valence-corrected chi connectivity index (χ0v) is 8.44. The second kappa shape index (κ2) is 3.25. The van der Waals surface area contributed by atoms with E-state index in [1.54, 1.807) is 0 Å². The maximum atomic E-state index is 12.3. The monoisotopic (exact) mass is 208 g/mol. The van der Waals surface area contributed by atoms with Crippen molar-refractivity contribution in [2.24, 2.45) is 0 Å². The van der Waals surface area contributed by atoms with E-state index in [1.165, 1.54) is 10.9 Å². The number of hydrogen-bond donors (Lipinski definition) is 0. The van der Waals surface area contributed by atoms with E-state index in [9.17, 15) is 8.78 Å². The highest BCUT2D eigenvalue weighted by Crippen LogP contribution is 2.27. The number of aromatic nitrogens is 2. The average Bonchev–Trinajstić information content (AvgIpc) is 2.29. The Morgan fingerprint density at radius 3 is 2.23 bits per heavy atom. The summed E-state index contributed by atoms with van der Waals surface area (Å²) in [6, 6.07) is 0. The molecular formula is C8H11ClF2N2. The molecule has 0 aliphatic rings. The lowest BCUT2D eigenvalue weighted by Gasteiger charge is -2.18. The van der Waals surface area contributed by atoms with Gasteiger partial charge in [-0.15, -0.1) is 0 Å². The normalized spacial score (nSPS) is 12.5. The molecule has 0 saturated heterocycles. The van der Waals surface area contributed by atoms with Crippen LogP contribution in [0.25, 0.3) is 0 Å². The van der Waals surface area contributed by atoms with Crippen molar-refractivity contribution in [3.8, 4) is 0 Å². The average molecular weight is 209 g/mol. The maximum absolute atomic E-state index is 12.3. The predicted octanol–water partition coefficient (Wildman–Crippen LogP) is 3.23. The summed E-state index contributed by atoms with van der Waals surface area (Å²) in [7, 11) is 0. The second-order valence-corrected chi connectivity index (χ2v) is 4.19. The van der Waals surface area contributed by atoms with Gasteiger partial charge in [0.1, 0.15) is 5.69 Å². The summed E-state index contributed by atoms with van der Waals surface area (Å²) in [5.41, 5.74) is -0.673. The molecule has 0 aromatic carbocycles. The van der Waals surface area contributed by atoms with Crippen molar-refractivity contribution in [1.29, 1.82) is 0 Å². The van der Waals surface area contributed by atoms with Gasteiger partial charge in [-0.25, -0.2) is 8.78 Å². The van der Waals surface area contributed by atoms with Crippen molar-refractivity contribution in [3.05, 3.63) is 16.9 Å². The molecule has 13 heavy (non-hydrogen) atoms. The highest BCUT2D eigenvalue weighted by Gasteiger charge is 2.21. The third kappa shape index (κ3) is 2.18. The molecule has 2 nitrogen and oxygen atoms in total. The number of rotatable bonds is 1. The fourth-order valence-corrected chi connectivity index (χ4v) is 1.07. The lowest BCUT2D eigenvalue weighted by atomic mass is 10.1. The van der Waals surface area contributed by atoms with Crippen LogP contribution < -0.4 is 0 Å². The summed E-state index contributed by atoms with van der Waals surface area (Å²) >= 11 is 5.58. The first-order valence-corrected chi connectivity index (χ1v) is 4.24. The number of hydrogen-bond acceptors (Lipinski definition) is 1.